The van der Waals surface area contributed by atoms with Crippen LogP contribution in [0, 0.1) is 13.8 Å². The predicted octanol–water partition coefficient (Wildman–Crippen LogP) is 4.82. The van der Waals surface area contributed by atoms with Crippen LogP contribution < -0.4 is 10.2 Å². The molecule has 1 saturated heterocycles. The van der Waals surface area contributed by atoms with Crippen molar-refractivity contribution in [3.05, 3.63) is 83.3 Å². The second kappa shape index (κ2) is 7.87. The van der Waals surface area contributed by atoms with Crippen LogP contribution in [0.2, 0.25) is 0 Å². The van der Waals surface area contributed by atoms with Crippen LogP contribution in [0.25, 0.3) is 10.9 Å². The highest BCUT2D eigenvalue weighted by molar-refractivity contribution is 6.04. The molecule has 2 N–H and O–H groups in total. The SMILES string of the molecule is Cc1cc(N2CC[C@H](c3ccccc3)C2)c2cc(NC(=O)c3cc(C)[nH]n3)ccc2n1. The predicted molar refractivity (Wildman–Crippen MR) is 124 cm³/mol. The molecule has 0 unspecified atom stereocenters. The maximum atomic E-state index is 12.5. The normalized spacial score (nSPS) is 16.1. The van der Waals surface area contributed by atoms with E-state index in [2.05, 4.69) is 56.8 Å². The Hall–Kier alpha value is -3.67. The van der Waals surface area contributed by atoms with Gasteiger partial charge in [0, 0.05) is 47.2 Å². The molecule has 0 saturated carbocycles. The second-order valence-electron chi connectivity index (χ2n) is 8.25. The second-order valence-corrected chi connectivity index (χ2v) is 8.25. The molecule has 4 aromatic rings. The number of anilines is 2. The molecule has 2 aromatic heterocycles. The van der Waals surface area contributed by atoms with Gasteiger partial charge in [-0.15, -0.1) is 0 Å². The number of nitrogens with one attached hydrogen (secondary N) is 2. The van der Waals surface area contributed by atoms with E-state index in [1.807, 2.05) is 32.0 Å². The largest absolute Gasteiger partial charge is 0.370 e. The number of aromatic amines is 1. The Balaban J connectivity index is 1.45. The molecule has 2 aromatic carbocycles. The molecule has 1 aliphatic rings. The van der Waals surface area contributed by atoms with E-state index in [4.69, 9.17) is 4.98 Å². The number of rotatable bonds is 4. The van der Waals surface area contributed by atoms with Gasteiger partial charge in [0.2, 0.25) is 0 Å². The van der Waals surface area contributed by atoms with Crippen molar-refractivity contribution in [1.29, 1.82) is 0 Å². The van der Waals surface area contributed by atoms with E-state index in [1.165, 1.54) is 11.3 Å². The highest BCUT2D eigenvalue weighted by Crippen LogP contribution is 2.35. The number of H-pyrrole nitrogens is 1. The van der Waals surface area contributed by atoms with Crippen LogP contribution in [0.15, 0.2) is 60.7 Å². The highest BCUT2D eigenvalue weighted by atomic mass is 16.1. The van der Waals surface area contributed by atoms with E-state index in [9.17, 15) is 4.79 Å². The Morgan fingerprint density at radius 3 is 2.71 bits per heavy atom. The van der Waals surface area contributed by atoms with E-state index >= 15 is 0 Å². The topological polar surface area (TPSA) is 73.9 Å². The number of amides is 1. The van der Waals surface area contributed by atoms with Gasteiger partial charge >= 0.3 is 0 Å². The Kier molecular flexibility index (Phi) is 4.90. The average Bonchev–Trinajstić information content (AvgIpc) is 3.43. The number of aromatic nitrogens is 3. The van der Waals surface area contributed by atoms with Crippen molar-refractivity contribution in [3.63, 3.8) is 0 Å². The first-order valence-electron chi connectivity index (χ1n) is 10.6. The third kappa shape index (κ3) is 3.89. The minimum absolute atomic E-state index is 0.226. The van der Waals surface area contributed by atoms with Crippen LogP contribution in [0.1, 0.15) is 39.8 Å². The maximum Gasteiger partial charge on any atom is 0.276 e. The fourth-order valence-electron chi connectivity index (χ4n) is 4.38. The summed E-state index contributed by atoms with van der Waals surface area (Å²) in [6, 6.07) is 20.5. The number of fused-ring (bicyclic) bond motifs is 1. The quantitative estimate of drug-likeness (QED) is 0.505. The molecule has 6 heteroatoms. The molecule has 1 atom stereocenters. The summed E-state index contributed by atoms with van der Waals surface area (Å²) in [7, 11) is 0. The molecule has 0 bridgehead atoms. The van der Waals surface area contributed by atoms with Gasteiger partial charge in [-0.1, -0.05) is 30.3 Å². The molecule has 0 aliphatic carbocycles. The fraction of sp³-hybridized carbons (Fsp3) is 0.240. The van der Waals surface area contributed by atoms with Gasteiger partial charge in [-0.2, -0.15) is 5.10 Å². The van der Waals surface area contributed by atoms with Gasteiger partial charge in [-0.3, -0.25) is 14.9 Å². The number of hydrogen-bond donors (Lipinski definition) is 2. The van der Waals surface area contributed by atoms with Gasteiger partial charge in [0.1, 0.15) is 0 Å². The smallest absolute Gasteiger partial charge is 0.276 e. The lowest BCUT2D eigenvalue weighted by Gasteiger charge is -2.22. The van der Waals surface area contributed by atoms with Gasteiger partial charge in [0.05, 0.1) is 5.52 Å². The molecule has 5 rings (SSSR count). The van der Waals surface area contributed by atoms with Gasteiger partial charge in [0.25, 0.3) is 5.91 Å². The highest BCUT2D eigenvalue weighted by Gasteiger charge is 2.25. The first kappa shape index (κ1) is 19.3. The van der Waals surface area contributed by atoms with Crippen molar-refractivity contribution in [2.45, 2.75) is 26.2 Å². The van der Waals surface area contributed by atoms with Crippen molar-refractivity contribution < 1.29 is 4.79 Å². The van der Waals surface area contributed by atoms with E-state index in [0.717, 1.165) is 47.5 Å². The van der Waals surface area contributed by atoms with Crippen molar-refractivity contribution in [1.82, 2.24) is 15.2 Å². The van der Waals surface area contributed by atoms with Gasteiger partial charge in [-0.25, -0.2) is 0 Å². The van der Waals surface area contributed by atoms with Crippen molar-refractivity contribution in [2.24, 2.45) is 0 Å². The molecule has 3 heterocycles. The van der Waals surface area contributed by atoms with E-state index in [1.54, 1.807) is 6.07 Å². The summed E-state index contributed by atoms with van der Waals surface area (Å²) in [5.41, 5.74) is 6.47. The molecule has 1 fully saturated rings. The van der Waals surface area contributed by atoms with Crippen molar-refractivity contribution in [2.75, 3.05) is 23.3 Å². The minimum atomic E-state index is -0.226. The third-order valence-corrected chi connectivity index (χ3v) is 5.91. The van der Waals surface area contributed by atoms with Crippen LogP contribution in [0.5, 0.6) is 0 Å². The minimum Gasteiger partial charge on any atom is -0.370 e. The number of hydrogen-bond acceptors (Lipinski definition) is 4. The Morgan fingerprint density at radius 1 is 1.10 bits per heavy atom. The van der Waals surface area contributed by atoms with Crippen molar-refractivity contribution in [3.8, 4) is 0 Å². The summed E-state index contributed by atoms with van der Waals surface area (Å²) in [5.74, 6) is 0.297. The summed E-state index contributed by atoms with van der Waals surface area (Å²) in [6.45, 7) is 5.88. The molecule has 0 radical (unpaired) electrons. The van der Waals surface area contributed by atoms with E-state index in [0.29, 0.717) is 11.6 Å². The molecular formula is C25H25N5O. The first-order valence-corrected chi connectivity index (χ1v) is 10.6. The zero-order valence-corrected chi connectivity index (χ0v) is 17.7. The molecule has 0 spiro atoms. The van der Waals surface area contributed by atoms with Crippen molar-refractivity contribution >= 4 is 28.2 Å². The van der Waals surface area contributed by atoms with Gasteiger partial charge in [0.15, 0.2) is 5.69 Å². The van der Waals surface area contributed by atoms with Crippen LogP contribution in [-0.2, 0) is 0 Å². The summed E-state index contributed by atoms with van der Waals surface area (Å²) in [4.78, 5) is 19.7. The Labute approximate surface area is 181 Å². The maximum absolute atomic E-state index is 12.5. The number of aryl methyl sites for hydroxylation is 2. The summed E-state index contributed by atoms with van der Waals surface area (Å²) < 4.78 is 0. The fourth-order valence-corrected chi connectivity index (χ4v) is 4.38. The molecule has 31 heavy (non-hydrogen) atoms. The van der Waals surface area contributed by atoms with E-state index < -0.39 is 0 Å². The lowest BCUT2D eigenvalue weighted by molar-refractivity contribution is 0.102. The molecule has 6 nitrogen and oxygen atoms in total. The van der Waals surface area contributed by atoms with Gasteiger partial charge in [-0.05, 0) is 56.2 Å². The number of pyridine rings is 1. The van der Waals surface area contributed by atoms with Crippen LogP contribution in [0.3, 0.4) is 0 Å². The average molecular weight is 412 g/mol. The van der Waals surface area contributed by atoms with Crippen LogP contribution in [-0.4, -0.2) is 34.2 Å². The number of nitrogens with zero attached hydrogens (tertiary/aromatic N) is 3. The lowest BCUT2D eigenvalue weighted by atomic mass is 9.99. The number of carbonyl (C=O) groups excluding carboxylic acids is 1. The molecular weight excluding hydrogens is 386 g/mol. The molecule has 156 valence electrons. The summed E-state index contributed by atoms with van der Waals surface area (Å²) >= 11 is 0. The molecule has 1 amide bonds. The summed E-state index contributed by atoms with van der Waals surface area (Å²) in [5, 5.41) is 10.9. The zero-order valence-electron chi connectivity index (χ0n) is 17.7. The zero-order chi connectivity index (χ0) is 21.4. The Morgan fingerprint density at radius 2 is 1.94 bits per heavy atom. The van der Waals surface area contributed by atoms with Crippen LogP contribution in [0.4, 0.5) is 11.4 Å². The number of carbonyl (C=O) groups is 1. The van der Waals surface area contributed by atoms with Gasteiger partial charge < -0.3 is 10.2 Å². The van der Waals surface area contributed by atoms with Crippen LogP contribution >= 0.6 is 0 Å². The first-order chi connectivity index (χ1) is 15.1. The standard InChI is InChI=1S/C25H25N5O/c1-16-13-24(30-11-10-19(15-30)18-6-4-3-5-7-18)21-14-20(8-9-22(21)26-16)27-25(31)23-12-17(2)28-29-23/h3-9,12-14,19H,10-11,15H2,1-2H3,(H,27,31)(H,28,29)/t19-/m0/s1. The molecule has 1 aliphatic heterocycles. The van der Waals surface area contributed by atoms with E-state index in [-0.39, 0.29) is 5.91 Å². The third-order valence-electron chi connectivity index (χ3n) is 5.91. The summed E-state index contributed by atoms with van der Waals surface area (Å²) in [6.07, 6.45) is 1.13. The number of benzene rings is 2. The Bertz CT molecular complexity index is 1250. The lowest BCUT2D eigenvalue weighted by Crippen LogP contribution is -2.20. The monoisotopic (exact) mass is 411 g/mol.